The van der Waals surface area contributed by atoms with E-state index in [1.54, 1.807) is 0 Å². The van der Waals surface area contributed by atoms with Gasteiger partial charge in [0.2, 0.25) is 0 Å². The predicted octanol–water partition coefficient (Wildman–Crippen LogP) is 4.60. The summed E-state index contributed by atoms with van der Waals surface area (Å²) >= 11 is 7.91. The van der Waals surface area contributed by atoms with Crippen LogP contribution in [0.5, 0.6) is 0 Å². The molecule has 0 saturated carbocycles. The van der Waals surface area contributed by atoms with Gasteiger partial charge in [-0.15, -0.1) is 11.3 Å². The van der Waals surface area contributed by atoms with Crippen LogP contribution in [-0.4, -0.2) is 9.97 Å². The van der Waals surface area contributed by atoms with Gasteiger partial charge in [0.1, 0.15) is 16.8 Å². The van der Waals surface area contributed by atoms with Crippen LogP contribution < -0.4 is 5.32 Å². The van der Waals surface area contributed by atoms with E-state index in [9.17, 15) is 0 Å². The van der Waals surface area contributed by atoms with Gasteiger partial charge in [-0.2, -0.15) is 0 Å². The van der Waals surface area contributed by atoms with Crippen molar-refractivity contribution < 1.29 is 0 Å². The van der Waals surface area contributed by atoms with Crippen molar-refractivity contribution >= 4 is 28.8 Å². The molecule has 102 valence electrons. The van der Waals surface area contributed by atoms with Gasteiger partial charge in [-0.05, 0) is 46.2 Å². The van der Waals surface area contributed by atoms with E-state index in [0.29, 0.717) is 11.0 Å². The third-order valence-electron chi connectivity index (χ3n) is 3.10. The Morgan fingerprint density at radius 2 is 1.89 bits per heavy atom. The highest BCUT2D eigenvalue weighted by atomic mass is 35.5. The number of hydrogen-bond acceptors (Lipinski definition) is 4. The summed E-state index contributed by atoms with van der Waals surface area (Å²) in [5.41, 5.74) is 2.21. The molecule has 5 heteroatoms. The smallest absolute Gasteiger partial charge is 0.137 e. The Kier molecular flexibility index (Phi) is 4.11. The average Bonchev–Trinajstić information content (AvgIpc) is 2.64. The first-order valence-corrected chi connectivity index (χ1v) is 7.42. The SMILES string of the molecule is Cc1nc(Cl)c(C)c(NC(C)c2cc(C)sc2C)n1. The Morgan fingerprint density at radius 1 is 1.21 bits per heavy atom. The number of hydrogen-bond donors (Lipinski definition) is 1. The molecule has 0 bridgehead atoms. The molecule has 2 heterocycles. The summed E-state index contributed by atoms with van der Waals surface area (Å²) in [5, 5.41) is 3.95. The lowest BCUT2D eigenvalue weighted by Crippen LogP contribution is -2.10. The second kappa shape index (κ2) is 5.47. The molecule has 2 aromatic heterocycles. The van der Waals surface area contributed by atoms with Gasteiger partial charge < -0.3 is 5.32 Å². The second-order valence-corrected chi connectivity index (χ2v) is 6.59. The standard InChI is InChI=1S/C14H18ClN3S/c1-7-6-12(10(4)19-7)9(3)16-14-8(2)13(15)17-11(5)18-14/h6,9H,1-5H3,(H,16,17,18). The van der Waals surface area contributed by atoms with E-state index in [1.165, 1.54) is 15.3 Å². The van der Waals surface area contributed by atoms with Crippen LogP contribution in [0.2, 0.25) is 5.15 Å². The van der Waals surface area contributed by atoms with Gasteiger partial charge in [-0.1, -0.05) is 11.6 Å². The first kappa shape index (κ1) is 14.3. The van der Waals surface area contributed by atoms with Crippen LogP contribution in [0.1, 0.15) is 39.7 Å². The summed E-state index contributed by atoms with van der Waals surface area (Å²) < 4.78 is 0. The molecule has 1 unspecified atom stereocenters. The van der Waals surface area contributed by atoms with Crippen molar-refractivity contribution in [2.45, 2.75) is 40.7 Å². The molecule has 0 aliphatic heterocycles. The molecule has 0 amide bonds. The molecule has 0 aliphatic rings. The van der Waals surface area contributed by atoms with Crippen LogP contribution in [0.3, 0.4) is 0 Å². The molecule has 2 rings (SSSR count). The minimum atomic E-state index is 0.203. The zero-order valence-corrected chi connectivity index (χ0v) is 13.4. The number of nitrogens with zero attached hydrogens (tertiary/aromatic N) is 2. The number of rotatable bonds is 3. The molecule has 1 atom stereocenters. The van der Waals surface area contributed by atoms with E-state index in [1.807, 2.05) is 25.2 Å². The number of aryl methyl sites for hydroxylation is 3. The van der Waals surface area contributed by atoms with Gasteiger partial charge in [0.15, 0.2) is 0 Å². The van der Waals surface area contributed by atoms with E-state index in [0.717, 1.165) is 11.4 Å². The highest BCUT2D eigenvalue weighted by molar-refractivity contribution is 7.12. The summed E-state index contributed by atoms with van der Waals surface area (Å²) in [4.78, 5) is 11.3. The maximum atomic E-state index is 6.09. The van der Waals surface area contributed by atoms with E-state index < -0.39 is 0 Å². The highest BCUT2D eigenvalue weighted by Gasteiger charge is 2.14. The Labute approximate surface area is 123 Å². The monoisotopic (exact) mass is 295 g/mol. The number of thiophene rings is 1. The molecule has 0 fully saturated rings. The molecule has 0 radical (unpaired) electrons. The topological polar surface area (TPSA) is 37.8 Å². The van der Waals surface area contributed by atoms with Gasteiger partial charge in [0, 0.05) is 15.3 Å². The third-order valence-corrected chi connectivity index (χ3v) is 4.45. The Hall–Kier alpha value is -1.13. The van der Waals surface area contributed by atoms with Crippen molar-refractivity contribution in [1.82, 2.24) is 9.97 Å². The first-order valence-electron chi connectivity index (χ1n) is 6.22. The lowest BCUT2D eigenvalue weighted by molar-refractivity contribution is 0.860. The molecule has 0 spiro atoms. The van der Waals surface area contributed by atoms with Crippen LogP contribution in [-0.2, 0) is 0 Å². The fraction of sp³-hybridized carbons (Fsp3) is 0.429. The number of aromatic nitrogens is 2. The lowest BCUT2D eigenvalue weighted by atomic mass is 10.1. The summed E-state index contributed by atoms with van der Waals surface area (Å²) in [6.07, 6.45) is 0. The molecule has 3 nitrogen and oxygen atoms in total. The van der Waals surface area contributed by atoms with Crippen LogP contribution in [0, 0.1) is 27.7 Å². The minimum absolute atomic E-state index is 0.203. The highest BCUT2D eigenvalue weighted by Crippen LogP contribution is 2.29. The van der Waals surface area contributed by atoms with E-state index >= 15 is 0 Å². The van der Waals surface area contributed by atoms with Crippen molar-refractivity contribution in [3.05, 3.63) is 37.9 Å². The molecule has 2 aromatic rings. The molecule has 0 saturated heterocycles. The normalized spacial score (nSPS) is 12.5. The Balaban J connectivity index is 2.29. The summed E-state index contributed by atoms with van der Waals surface area (Å²) in [6, 6.07) is 2.43. The number of anilines is 1. The van der Waals surface area contributed by atoms with Crippen molar-refractivity contribution in [3.8, 4) is 0 Å². The fourth-order valence-corrected chi connectivity index (χ4v) is 3.33. The lowest BCUT2D eigenvalue weighted by Gasteiger charge is -2.17. The van der Waals surface area contributed by atoms with E-state index in [4.69, 9.17) is 11.6 Å². The molecule has 19 heavy (non-hydrogen) atoms. The second-order valence-electron chi connectivity index (χ2n) is 4.77. The molecular formula is C14H18ClN3S. The first-order chi connectivity index (χ1) is 8.88. The summed E-state index contributed by atoms with van der Waals surface area (Å²) in [5.74, 6) is 1.50. The van der Waals surface area contributed by atoms with Gasteiger partial charge in [0.05, 0.1) is 6.04 Å². The summed E-state index contributed by atoms with van der Waals surface area (Å²) in [6.45, 7) is 10.2. The van der Waals surface area contributed by atoms with Crippen molar-refractivity contribution in [3.63, 3.8) is 0 Å². The van der Waals surface area contributed by atoms with Crippen molar-refractivity contribution in [2.24, 2.45) is 0 Å². The maximum absolute atomic E-state index is 6.09. The van der Waals surface area contributed by atoms with Gasteiger partial charge in [-0.25, -0.2) is 9.97 Å². The van der Waals surface area contributed by atoms with E-state index in [2.05, 4.69) is 42.1 Å². The van der Waals surface area contributed by atoms with Gasteiger partial charge in [-0.3, -0.25) is 0 Å². The van der Waals surface area contributed by atoms with Crippen LogP contribution >= 0.6 is 22.9 Å². The van der Waals surface area contributed by atoms with Gasteiger partial charge >= 0.3 is 0 Å². The summed E-state index contributed by atoms with van der Waals surface area (Å²) in [7, 11) is 0. The van der Waals surface area contributed by atoms with Crippen LogP contribution in [0.4, 0.5) is 5.82 Å². The molecule has 1 N–H and O–H groups in total. The third kappa shape index (κ3) is 3.07. The van der Waals surface area contributed by atoms with Gasteiger partial charge in [0.25, 0.3) is 0 Å². The zero-order chi connectivity index (χ0) is 14.2. The molecule has 0 aliphatic carbocycles. The molecule has 0 aromatic carbocycles. The molecular weight excluding hydrogens is 278 g/mol. The predicted molar refractivity (Wildman–Crippen MR) is 82.3 cm³/mol. The number of halogens is 1. The average molecular weight is 296 g/mol. The quantitative estimate of drug-likeness (QED) is 0.841. The van der Waals surface area contributed by atoms with Crippen LogP contribution in [0.25, 0.3) is 0 Å². The van der Waals surface area contributed by atoms with Crippen molar-refractivity contribution in [1.29, 1.82) is 0 Å². The Morgan fingerprint density at radius 3 is 2.47 bits per heavy atom. The number of nitrogens with one attached hydrogen (secondary N) is 1. The zero-order valence-electron chi connectivity index (χ0n) is 11.8. The van der Waals surface area contributed by atoms with Crippen LogP contribution in [0.15, 0.2) is 6.07 Å². The minimum Gasteiger partial charge on any atom is -0.363 e. The maximum Gasteiger partial charge on any atom is 0.137 e. The Bertz CT molecular complexity index is 607. The fourth-order valence-electron chi connectivity index (χ4n) is 2.10. The largest absolute Gasteiger partial charge is 0.363 e. The van der Waals surface area contributed by atoms with E-state index in [-0.39, 0.29) is 6.04 Å². The van der Waals surface area contributed by atoms with Crippen molar-refractivity contribution in [2.75, 3.05) is 5.32 Å².